The van der Waals surface area contributed by atoms with E-state index >= 15 is 0 Å². The van der Waals surface area contributed by atoms with E-state index in [9.17, 15) is 4.79 Å². The van der Waals surface area contributed by atoms with Crippen molar-refractivity contribution in [2.75, 3.05) is 5.75 Å². The number of aryl methyl sites for hydroxylation is 1. The summed E-state index contributed by atoms with van der Waals surface area (Å²) in [5, 5.41) is 6.76. The zero-order chi connectivity index (χ0) is 18.4. The second-order valence-corrected chi connectivity index (χ2v) is 7.68. The number of hydrogen-bond donors (Lipinski definition) is 1. The Bertz CT molecular complexity index is 898. The van der Waals surface area contributed by atoms with E-state index in [1.165, 1.54) is 11.1 Å². The lowest BCUT2D eigenvalue weighted by atomic mass is 10.2. The standard InChI is InChI=1S/C19H18BrN3O2S/c1-13-4-2-5-14(8-13)11-26-12-17(24)21-10-18-22-19(23-25-18)15-6-3-7-16(20)9-15/h2-9H,10-12H2,1H3,(H,21,24). The molecule has 5 nitrogen and oxygen atoms in total. The van der Waals surface area contributed by atoms with Crippen molar-refractivity contribution >= 4 is 33.6 Å². The zero-order valence-electron chi connectivity index (χ0n) is 14.2. The van der Waals surface area contributed by atoms with Crippen LogP contribution in [-0.4, -0.2) is 21.8 Å². The fourth-order valence-corrected chi connectivity index (χ4v) is 3.56. The average Bonchev–Trinajstić information content (AvgIpc) is 3.09. The second-order valence-electron chi connectivity index (χ2n) is 5.78. The van der Waals surface area contributed by atoms with Gasteiger partial charge in [0.1, 0.15) is 0 Å². The highest BCUT2D eigenvalue weighted by Crippen LogP contribution is 2.20. The first-order valence-corrected chi connectivity index (χ1v) is 10.0. The minimum Gasteiger partial charge on any atom is -0.346 e. The van der Waals surface area contributed by atoms with E-state index < -0.39 is 0 Å². The Labute approximate surface area is 164 Å². The maximum Gasteiger partial charge on any atom is 0.246 e. The van der Waals surface area contributed by atoms with Gasteiger partial charge in [0.2, 0.25) is 17.6 Å². The average molecular weight is 432 g/mol. The Morgan fingerprint density at radius 3 is 2.88 bits per heavy atom. The van der Waals surface area contributed by atoms with Crippen LogP contribution in [0.1, 0.15) is 17.0 Å². The zero-order valence-corrected chi connectivity index (χ0v) is 16.6. The third-order valence-electron chi connectivity index (χ3n) is 3.57. The van der Waals surface area contributed by atoms with Crippen LogP contribution in [0, 0.1) is 6.92 Å². The molecule has 2 aromatic carbocycles. The van der Waals surface area contributed by atoms with Gasteiger partial charge in [0, 0.05) is 15.8 Å². The van der Waals surface area contributed by atoms with Crippen molar-refractivity contribution in [3.05, 3.63) is 70.0 Å². The predicted octanol–water partition coefficient (Wildman–Crippen LogP) is 4.36. The molecule has 0 fully saturated rings. The smallest absolute Gasteiger partial charge is 0.246 e. The number of benzene rings is 2. The summed E-state index contributed by atoms with van der Waals surface area (Å²) in [5.74, 6) is 2.04. The number of hydrogen-bond acceptors (Lipinski definition) is 5. The quantitative estimate of drug-likeness (QED) is 0.601. The monoisotopic (exact) mass is 431 g/mol. The van der Waals surface area contributed by atoms with Crippen LogP contribution in [0.5, 0.6) is 0 Å². The maximum atomic E-state index is 12.0. The van der Waals surface area contributed by atoms with Crippen LogP contribution in [-0.2, 0) is 17.1 Å². The molecule has 0 saturated carbocycles. The second kappa shape index (κ2) is 9.00. The van der Waals surface area contributed by atoms with Crippen LogP contribution in [0.3, 0.4) is 0 Å². The Hall–Kier alpha value is -2.12. The molecule has 7 heteroatoms. The number of halogens is 1. The van der Waals surface area contributed by atoms with E-state index in [4.69, 9.17) is 4.52 Å². The van der Waals surface area contributed by atoms with E-state index in [1.54, 1.807) is 11.8 Å². The molecule has 0 bridgehead atoms. The van der Waals surface area contributed by atoms with Crippen molar-refractivity contribution < 1.29 is 9.32 Å². The summed E-state index contributed by atoms with van der Waals surface area (Å²) in [6.45, 7) is 2.29. The minimum atomic E-state index is -0.0511. The molecule has 1 amide bonds. The van der Waals surface area contributed by atoms with E-state index in [0.29, 0.717) is 17.5 Å². The lowest BCUT2D eigenvalue weighted by molar-refractivity contribution is -0.118. The summed E-state index contributed by atoms with van der Waals surface area (Å²) < 4.78 is 6.14. The summed E-state index contributed by atoms with van der Waals surface area (Å²) >= 11 is 4.99. The fourth-order valence-electron chi connectivity index (χ4n) is 2.36. The van der Waals surface area contributed by atoms with Crippen LogP contribution < -0.4 is 5.32 Å². The van der Waals surface area contributed by atoms with Crippen LogP contribution in [0.2, 0.25) is 0 Å². The Balaban J connectivity index is 1.45. The van der Waals surface area contributed by atoms with Crippen molar-refractivity contribution in [1.82, 2.24) is 15.5 Å². The highest BCUT2D eigenvalue weighted by atomic mass is 79.9. The van der Waals surface area contributed by atoms with Gasteiger partial charge in [-0.2, -0.15) is 4.98 Å². The molecule has 0 aliphatic carbocycles. The van der Waals surface area contributed by atoms with Gasteiger partial charge in [-0.3, -0.25) is 4.79 Å². The third-order valence-corrected chi connectivity index (χ3v) is 5.07. The molecule has 0 aliphatic heterocycles. The maximum absolute atomic E-state index is 12.0. The van der Waals surface area contributed by atoms with Crippen LogP contribution in [0.25, 0.3) is 11.4 Å². The van der Waals surface area contributed by atoms with E-state index in [0.717, 1.165) is 15.8 Å². The number of carbonyl (C=O) groups excluding carboxylic acids is 1. The highest BCUT2D eigenvalue weighted by Gasteiger charge is 2.10. The number of nitrogens with one attached hydrogen (secondary N) is 1. The van der Waals surface area contributed by atoms with E-state index in [-0.39, 0.29) is 12.5 Å². The topological polar surface area (TPSA) is 68.0 Å². The number of carbonyl (C=O) groups is 1. The van der Waals surface area contributed by atoms with E-state index in [1.807, 2.05) is 30.3 Å². The van der Waals surface area contributed by atoms with E-state index in [2.05, 4.69) is 56.5 Å². The molecule has 0 spiro atoms. The molecule has 3 rings (SSSR count). The number of thioether (sulfide) groups is 1. The van der Waals surface area contributed by atoms with Crippen LogP contribution in [0.4, 0.5) is 0 Å². The molecule has 26 heavy (non-hydrogen) atoms. The van der Waals surface area contributed by atoms with Crippen LogP contribution in [0.15, 0.2) is 57.5 Å². The molecule has 0 radical (unpaired) electrons. The van der Waals surface area contributed by atoms with Crippen molar-refractivity contribution in [2.24, 2.45) is 0 Å². The van der Waals surface area contributed by atoms with Crippen molar-refractivity contribution in [1.29, 1.82) is 0 Å². The van der Waals surface area contributed by atoms with Gasteiger partial charge in [0.25, 0.3) is 0 Å². The molecule has 0 unspecified atom stereocenters. The lowest BCUT2D eigenvalue weighted by Crippen LogP contribution is -2.24. The first-order chi connectivity index (χ1) is 12.6. The summed E-state index contributed by atoms with van der Waals surface area (Å²) in [4.78, 5) is 16.3. The SMILES string of the molecule is Cc1cccc(CSCC(=O)NCc2nc(-c3cccc(Br)c3)no2)c1. The lowest BCUT2D eigenvalue weighted by Gasteiger charge is -2.04. The molecule has 3 aromatic rings. The van der Waals surface area contributed by atoms with Gasteiger partial charge in [-0.1, -0.05) is 63.0 Å². The van der Waals surface area contributed by atoms with Crippen molar-refractivity contribution in [3.8, 4) is 11.4 Å². The third kappa shape index (κ3) is 5.44. The van der Waals surface area contributed by atoms with Gasteiger partial charge < -0.3 is 9.84 Å². The van der Waals surface area contributed by atoms with Crippen LogP contribution >= 0.6 is 27.7 Å². The van der Waals surface area contributed by atoms with Gasteiger partial charge in [0.15, 0.2) is 0 Å². The number of rotatable bonds is 7. The predicted molar refractivity (Wildman–Crippen MR) is 107 cm³/mol. The summed E-state index contributed by atoms with van der Waals surface area (Å²) in [7, 11) is 0. The van der Waals surface area contributed by atoms with Gasteiger partial charge >= 0.3 is 0 Å². The van der Waals surface area contributed by atoms with Gasteiger partial charge in [-0.25, -0.2) is 0 Å². The van der Waals surface area contributed by atoms with Crippen molar-refractivity contribution in [2.45, 2.75) is 19.2 Å². The molecule has 0 atom stereocenters. The summed E-state index contributed by atoms with van der Waals surface area (Å²) in [5.41, 5.74) is 3.30. The largest absolute Gasteiger partial charge is 0.346 e. The van der Waals surface area contributed by atoms with Gasteiger partial charge in [-0.05, 0) is 24.6 Å². The summed E-state index contributed by atoms with van der Waals surface area (Å²) in [6, 6.07) is 15.9. The molecule has 0 aliphatic rings. The first-order valence-electron chi connectivity index (χ1n) is 8.08. The Morgan fingerprint density at radius 1 is 1.23 bits per heavy atom. The number of amides is 1. The first kappa shape index (κ1) is 18.7. The molecule has 1 N–H and O–H groups in total. The molecular formula is C19H18BrN3O2S. The fraction of sp³-hybridized carbons (Fsp3) is 0.211. The molecule has 1 aromatic heterocycles. The van der Waals surface area contributed by atoms with Crippen molar-refractivity contribution in [3.63, 3.8) is 0 Å². The molecule has 1 heterocycles. The Morgan fingerprint density at radius 2 is 2.08 bits per heavy atom. The van der Waals surface area contributed by atoms with Gasteiger partial charge in [0.05, 0.1) is 12.3 Å². The Kier molecular flexibility index (Phi) is 6.46. The molecule has 134 valence electrons. The normalized spacial score (nSPS) is 10.7. The molecular weight excluding hydrogens is 414 g/mol. The molecule has 0 saturated heterocycles. The summed E-state index contributed by atoms with van der Waals surface area (Å²) in [6.07, 6.45) is 0. The number of nitrogens with zero attached hydrogens (tertiary/aromatic N) is 2. The van der Waals surface area contributed by atoms with Gasteiger partial charge in [-0.15, -0.1) is 11.8 Å². The number of aromatic nitrogens is 2. The highest BCUT2D eigenvalue weighted by molar-refractivity contribution is 9.10. The minimum absolute atomic E-state index is 0.0511.